The van der Waals surface area contributed by atoms with Crippen LogP contribution < -0.4 is 0 Å². The minimum Gasteiger partial charge on any atom is -0.245 e. The van der Waals surface area contributed by atoms with Crippen LogP contribution in [0.1, 0.15) is 24.5 Å². The maximum Gasteiger partial charge on any atom is 0.211 e. The number of sulfonamides is 1. The Bertz CT molecular complexity index is 446. The molecule has 5 nitrogen and oxygen atoms in total. The van der Waals surface area contributed by atoms with Crippen molar-refractivity contribution in [1.29, 1.82) is 0 Å². The van der Waals surface area contributed by atoms with Crippen molar-refractivity contribution in [2.45, 2.75) is 18.8 Å². The fourth-order valence-electron chi connectivity index (χ4n) is 2.03. The van der Waals surface area contributed by atoms with E-state index >= 15 is 0 Å². The van der Waals surface area contributed by atoms with E-state index < -0.39 is 10.0 Å². The van der Waals surface area contributed by atoms with Gasteiger partial charge in [-0.1, -0.05) is 0 Å². The molecule has 2 heterocycles. The van der Waals surface area contributed by atoms with Crippen molar-refractivity contribution in [3.8, 4) is 0 Å². The van der Waals surface area contributed by atoms with Gasteiger partial charge in [0.15, 0.2) is 0 Å². The maximum absolute atomic E-state index is 11.5. The molecule has 0 aliphatic carbocycles. The highest BCUT2D eigenvalue weighted by Crippen LogP contribution is 2.26. The molecule has 0 saturated carbocycles. The SMILES string of the molecule is CS(=O)(=O)N1CCCC(c2ccncn2)C1. The van der Waals surface area contributed by atoms with Gasteiger partial charge in [-0.25, -0.2) is 22.7 Å². The minimum absolute atomic E-state index is 0.200. The van der Waals surface area contributed by atoms with E-state index in [9.17, 15) is 8.42 Å². The van der Waals surface area contributed by atoms with Crippen LogP contribution in [0.5, 0.6) is 0 Å². The van der Waals surface area contributed by atoms with Crippen LogP contribution in [0.2, 0.25) is 0 Å². The van der Waals surface area contributed by atoms with Gasteiger partial charge in [-0.2, -0.15) is 0 Å². The number of rotatable bonds is 2. The summed E-state index contributed by atoms with van der Waals surface area (Å²) in [6.07, 6.45) is 6.34. The zero-order chi connectivity index (χ0) is 11.6. The Morgan fingerprint density at radius 2 is 2.31 bits per heavy atom. The third-order valence-corrected chi connectivity index (χ3v) is 4.15. The molecule has 1 unspecified atom stereocenters. The molecule has 2 rings (SSSR count). The molecule has 1 fully saturated rings. The first-order valence-corrected chi connectivity index (χ1v) is 7.13. The van der Waals surface area contributed by atoms with Crippen molar-refractivity contribution in [3.05, 3.63) is 24.3 Å². The molecular formula is C10H15N3O2S. The highest BCUT2D eigenvalue weighted by Gasteiger charge is 2.27. The zero-order valence-electron chi connectivity index (χ0n) is 9.20. The van der Waals surface area contributed by atoms with Crippen LogP contribution in [-0.2, 0) is 10.0 Å². The van der Waals surface area contributed by atoms with Crippen LogP contribution in [0.15, 0.2) is 18.6 Å². The molecule has 0 bridgehead atoms. The second-order valence-electron chi connectivity index (χ2n) is 4.09. The number of hydrogen-bond acceptors (Lipinski definition) is 4. The van der Waals surface area contributed by atoms with Gasteiger partial charge in [0.05, 0.1) is 6.26 Å². The molecule has 0 aromatic carbocycles. The summed E-state index contributed by atoms with van der Waals surface area (Å²) >= 11 is 0. The van der Waals surface area contributed by atoms with Gasteiger partial charge in [-0.3, -0.25) is 0 Å². The van der Waals surface area contributed by atoms with Gasteiger partial charge in [-0.15, -0.1) is 0 Å². The number of nitrogens with zero attached hydrogens (tertiary/aromatic N) is 3. The van der Waals surface area contributed by atoms with Gasteiger partial charge in [0.1, 0.15) is 6.33 Å². The van der Waals surface area contributed by atoms with Crippen LogP contribution in [0.4, 0.5) is 0 Å². The smallest absolute Gasteiger partial charge is 0.211 e. The first-order valence-electron chi connectivity index (χ1n) is 5.28. The Hall–Kier alpha value is -1.01. The van der Waals surface area contributed by atoms with Gasteiger partial charge in [0.2, 0.25) is 10.0 Å². The average molecular weight is 241 g/mol. The topological polar surface area (TPSA) is 63.2 Å². The Labute approximate surface area is 95.6 Å². The van der Waals surface area contributed by atoms with Gasteiger partial charge >= 0.3 is 0 Å². The molecule has 1 aromatic rings. The fraction of sp³-hybridized carbons (Fsp3) is 0.600. The molecule has 0 N–H and O–H groups in total. The highest BCUT2D eigenvalue weighted by atomic mass is 32.2. The number of aromatic nitrogens is 2. The van der Waals surface area contributed by atoms with Crippen molar-refractivity contribution >= 4 is 10.0 Å². The standard InChI is InChI=1S/C10H15N3O2S/c1-16(14,15)13-6-2-3-9(7-13)10-4-5-11-8-12-10/h4-5,8-9H,2-3,6-7H2,1H3. The summed E-state index contributed by atoms with van der Waals surface area (Å²) < 4.78 is 24.4. The van der Waals surface area contributed by atoms with E-state index in [4.69, 9.17) is 0 Å². The summed E-state index contributed by atoms with van der Waals surface area (Å²) in [5, 5.41) is 0. The molecule has 1 aliphatic heterocycles. The number of piperidine rings is 1. The van der Waals surface area contributed by atoms with Crippen molar-refractivity contribution in [2.24, 2.45) is 0 Å². The Kier molecular flexibility index (Phi) is 3.20. The summed E-state index contributed by atoms with van der Waals surface area (Å²) in [5.41, 5.74) is 0.934. The van der Waals surface area contributed by atoms with Gasteiger partial charge < -0.3 is 0 Å². The normalized spacial score (nSPS) is 23.2. The Morgan fingerprint density at radius 3 is 2.94 bits per heavy atom. The summed E-state index contributed by atoms with van der Waals surface area (Å²) in [5.74, 6) is 0.200. The van der Waals surface area contributed by atoms with Crippen LogP contribution in [-0.4, -0.2) is 42.0 Å². The lowest BCUT2D eigenvalue weighted by molar-refractivity contribution is 0.314. The molecule has 0 radical (unpaired) electrons. The molecule has 1 atom stereocenters. The van der Waals surface area contributed by atoms with Crippen molar-refractivity contribution in [3.63, 3.8) is 0 Å². The van der Waals surface area contributed by atoms with E-state index in [0.717, 1.165) is 18.5 Å². The lowest BCUT2D eigenvalue weighted by Gasteiger charge is -2.30. The largest absolute Gasteiger partial charge is 0.245 e. The summed E-state index contributed by atoms with van der Waals surface area (Å²) in [6, 6.07) is 1.86. The van der Waals surface area contributed by atoms with Crippen LogP contribution in [0.3, 0.4) is 0 Å². The van der Waals surface area contributed by atoms with Crippen molar-refractivity contribution < 1.29 is 8.42 Å². The highest BCUT2D eigenvalue weighted by molar-refractivity contribution is 7.88. The van der Waals surface area contributed by atoms with Crippen molar-refractivity contribution in [1.82, 2.24) is 14.3 Å². The lowest BCUT2D eigenvalue weighted by atomic mass is 9.96. The molecule has 0 amide bonds. The van der Waals surface area contributed by atoms with Gasteiger partial charge in [-0.05, 0) is 18.9 Å². The molecule has 1 saturated heterocycles. The third kappa shape index (κ3) is 2.56. The maximum atomic E-state index is 11.5. The van der Waals surface area contributed by atoms with E-state index in [1.54, 1.807) is 6.20 Å². The van der Waals surface area contributed by atoms with E-state index in [1.165, 1.54) is 16.9 Å². The van der Waals surface area contributed by atoms with Gasteiger partial charge in [0.25, 0.3) is 0 Å². The molecule has 0 spiro atoms. The van der Waals surface area contributed by atoms with Crippen LogP contribution in [0.25, 0.3) is 0 Å². The average Bonchev–Trinajstić information content (AvgIpc) is 2.29. The lowest BCUT2D eigenvalue weighted by Crippen LogP contribution is -2.38. The van der Waals surface area contributed by atoms with Crippen molar-refractivity contribution in [2.75, 3.05) is 19.3 Å². The Balaban J connectivity index is 2.14. The van der Waals surface area contributed by atoms with Crippen LogP contribution >= 0.6 is 0 Å². The van der Waals surface area contributed by atoms with E-state index in [2.05, 4.69) is 9.97 Å². The second-order valence-corrected chi connectivity index (χ2v) is 6.08. The third-order valence-electron chi connectivity index (χ3n) is 2.88. The first-order chi connectivity index (χ1) is 7.57. The van der Waals surface area contributed by atoms with E-state index in [0.29, 0.717) is 13.1 Å². The van der Waals surface area contributed by atoms with E-state index in [-0.39, 0.29) is 5.92 Å². The molecule has 88 valence electrons. The Morgan fingerprint density at radius 1 is 1.50 bits per heavy atom. The second kappa shape index (κ2) is 4.47. The van der Waals surface area contributed by atoms with E-state index in [1.807, 2.05) is 6.07 Å². The molecule has 1 aliphatic rings. The fourth-order valence-corrected chi connectivity index (χ4v) is 2.94. The predicted molar refractivity (Wildman–Crippen MR) is 60.4 cm³/mol. The first kappa shape index (κ1) is 11.5. The molecule has 16 heavy (non-hydrogen) atoms. The monoisotopic (exact) mass is 241 g/mol. The predicted octanol–water partition coefficient (Wildman–Crippen LogP) is 0.616. The quantitative estimate of drug-likeness (QED) is 0.761. The zero-order valence-corrected chi connectivity index (χ0v) is 10.0. The molecular weight excluding hydrogens is 226 g/mol. The minimum atomic E-state index is -3.08. The molecule has 6 heteroatoms. The van der Waals surface area contributed by atoms with Crippen LogP contribution in [0, 0.1) is 0 Å². The summed E-state index contributed by atoms with van der Waals surface area (Å²) in [6.45, 7) is 1.16. The van der Waals surface area contributed by atoms with Gasteiger partial charge in [0, 0.05) is 30.9 Å². The number of hydrogen-bond donors (Lipinski definition) is 0. The summed E-state index contributed by atoms with van der Waals surface area (Å²) in [7, 11) is -3.08. The summed E-state index contributed by atoms with van der Waals surface area (Å²) in [4.78, 5) is 8.05. The molecule has 1 aromatic heterocycles.